The molecule has 0 radical (unpaired) electrons. The van der Waals surface area contributed by atoms with Crippen LogP contribution in [-0.4, -0.2) is 38.8 Å². The summed E-state index contributed by atoms with van der Waals surface area (Å²) in [7, 11) is 0. The van der Waals surface area contributed by atoms with Crippen LogP contribution in [0.1, 0.15) is 32.8 Å². The minimum atomic E-state index is -0.140. The van der Waals surface area contributed by atoms with Crippen LogP contribution in [0, 0.1) is 0 Å². The molecule has 33 heavy (non-hydrogen) atoms. The lowest BCUT2D eigenvalue weighted by molar-refractivity contribution is -0.119. The second-order valence-electron chi connectivity index (χ2n) is 7.63. The van der Waals surface area contributed by atoms with Crippen molar-refractivity contribution in [3.05, 3.63) is 58.5 Å². The van der Waals surface area contributed by atoms with E-state index in [0.717, 1.165) is 28.0 Å². The van der Waals surface area contributed by atoms with Crippen LogP contribution < -0.4 is 15.6 Å². The molecule has 0 spiro atoms. The molecule has 0 saturated heterocycles. The van der Waals surface area contributed by atoms with Gasteiger partial charge in [-0.2, -0.15) is 0 Å². The number of thioether (sulfide) groups is 1. The van der Waals surface area contributed by atoms with Crippen molar-refractivity contribution in [1.29, 1.82) is 0 Å². The van der Waals surface area contributed by atoms with Gasteiger partial charge >= 0.3 is 0 Å². The molecule has 3 heterocycles. The third-order valence-corrected chi connectivity index (χ3v) is 7.34. The average molecular weight is 483 g/mol. The molecule has 0 unspecified atom stereocenters. The lowest BCUT2D eigenvalue weighted by Gasteiger charge is -2.15. The first kappa shape index (κ1) is 23.3. The predicted octanol–water partition coefficient (Wildman–Crippen LogP) is 4.46. The summed E-state index contributed by atoms with van der Waals surface area (Å²) in [6.45, 7) is 6.75. The number of rotatable bonds is 9. The Kier molecular flexibility index (Phi) is 7.29. The maximum Gasteiger partial charge on any atom is 0.272 e. The molecule has 4 aromatic rings. The van der Waals surface area contributed by atoms with Crippen LogP contribution in [0.25, 0.3) is 20.4 Å². The average Bonchev–Trinajstić information content (AvgIpc) is 3.20. The van der Waals surface area contributed by atoms with Gasteiger partial charge in [0.05, 0.1) is 24.4 Å². The zero-order valence-corrected chi connectivity index (χ0v) is 20.5. The number of amides is 1. The zero-order chi connectivity index (χ0) is 23.4. The minimum Gasteiger partial charge on any atom is -0.494 e. The monoisotopic (exact) mass is 482 g/mol. The summed E-state index contributed by atoms with van der Waals surface area (Å²) in [4.78, 5) is 36.1. The van der Waals surface area contributed by atoms with Gasteiger partial charge in [-0.25, -0.2) is 9.97 Å². The fourth-order valence-corrected chi connectivity index (χ4v) is 5.27. The molecule has 7 nitrogen and oxygen atoms in total. The van der Waals surface area contributed by atoms with Gasteiger partial charge in [0.15, 0.2) is 5.16 Å². The van der Waals surface area contributed by atoms with Crippen molar-refractivity contribution in [3.63, 3.8) is 0 Å². The number of thiophene rings is 1. The van der Waals surface area contributed by atoms with Crippen molar-refractivity contribution in [2.75, 3.05) is 12.4 Å². The molecule has 0 saturated carbocycles. The summed E-state index contributed by atoms with van der Waals surface area (Å²) in [6, 6.07) is 11.5. The van der Waals surface area contributed by atoms with E-state index in [1.165, 1.54) is 23.1 Å². The predicted molar refractivity (Wildman–Crippen MR) is 135 cm³/mol. The molecule has 1 atom stereocenters. The number of carbonyl (C=O) groups excluding carboxylic acids is 1. The molecule has 3 aromatic heterocycles. The van der Waals surface area contributed by atoms with E-state index in [2.05, 4.69) is 10.3 Å². The van der Waals surface area contributed by atoms with Gasteiger partial charge in [-0.05, 0) is 38.5 Å². The maximum atomic E-state index is 13.6. The largest absolute Gasteiger partial charge is 0.494 e. The Labute approximate surface area is 200 Å². The summed E-state index contributed by atoms with van der Waals surface area (Å²) < 4.78 is 7.96. The summed E-state index contributed by atoms with van der Waals surface area (Å²) in [5.74, 6) is 0.827. The molecule has 0 aliphatic heterocycles. The molecule has 172 valence electrons. The smallest absolute Gasteiger partial charge is 0.272 e. The first-order valence-electron chi connectivity index (χ1n) is 10.9. The Morgan fingerprint density at radius 2 is 2.06 bits per heavy atom. The van der Waals surface area contributed by atoms with E-state index < -0.39 is 0 Å². The second-order valence-corrected chi connectivity index (χ2v) is 9.57. The summed E-state index contributed by atoms with van der Waals surface area (Å²) in [5.41, 5.74) is 1.37. The van der Waals surface area contributed by atoms with Crippen molar-refractivity contribution in [1.82, 2.24) is 19.9 Å². The lowest BCUT2D eigenvalue weighted by atomic mass is 10.2. The molecule has 1 aromatic carbocycles. The number of nitrogens with zero attached hydrogens (tertiary/aromatic N) is 3. The fourth-order valence-electron chi connectivity index (χ4n) is 3.44. The lowest BCUT2D eigenvalue weighted by Crippen LogP contribution is -2.33. The summed E-state index contributed by atoms with van der Waals surface area (Å²) in [5, 5.41) is 4.32. The number of benzene rings is 1. The highest BCUT2D eigenvalue weighted by Gasteiger charge is 2.19. The highest BCUT2D eigenvalue weighted by atomic mass is 32.2. The number of para-hydroxylation sites is 1. The highest BCUT2D eigenvalue weighted by Crippen LogP contribution is 2.31. The van der Waals surface area contributed by atoms with Crippen LogP contribution in [0.3, 0.4) is 0 Å². The van der Waals surface area contributed by atoms with Gasteiger partial charge in [0.25, 0.3) is 5.56 Å². The third kappa shape index (κ3) is 5.04. The second kappa shape index (κ2) is 10.4. The van der Waals surface area contributed by atoms with Gasteiger partial charge in [-0.3, -0.25) is 14.2 Å². The van der Waals surface area contributed by atoms with E-state index in [9.17, 15) is 9.59 Å². The van der Waals surface area contributed by atoms with Crippen molar-refractivity contribution < 1.29 is 9.53 Å². The number of hydrogen-bond acceptors (Lipinski definition) is 7. The third-order valence-electron chi connectivity index (χ3n) is 5.27. The maximum absolute atomic E-state index is 13.6. The number of hydrogen-bond donors (Lipinski definition) is 1. The number of carbonyl (C=O) groups is 1. The molecule has 9 heteroatoms. The van der Waals surface area contributed by atoms with Gasteiger partial charge in [0, 0.05) is 23.2 Å². The van der Waals surface area contributed by atoms with Crippen LogP contribution in [-0.2, 0) is 11.3 Å². The first-order chi connectivity index (χ1) is 16.0. The zero-order valence-electron chi connectivity index (χ0n) is 18.8. The standard InChI is InChI=1S/C24H26N4O3S2/c1-4-15(3)26-19(29)14-32-24-27-20-17-10-8-12-25-22(17)33-21(20)23(30)28(24)13-16-9-6-7-11-18(16)31-5-2/h6-12,15H,4-5,13-14H2,1-3H3,(H,26,29)/t15-/m1/s1. The molecular weight excluding hydrogens is 456 g/mol. The molecule has 0 aliphatic rings. The van der Waals surface area contributed by atoms with Gasteiger partial charge in [-0.1, -0.05) is 36.9 Å². The first-order valence-corrected chi connectivity index (χ1v) is 12.7. The number of nitrogens with one attached hydrogen (secondary N) is 1. The van der Waals surface area contributed by atoms with E-state index in [0.29, 0.717) is 28.5 Å². The molecular formula is C24H26N4O3S2. The van der Waals surface area contributed by atoms with Gasteiger partial charge in [0.2, 0.25) is 5.91 Å². The molecule has 1 N–H and O–H groups in total. The Morgan fingerprint density at radius 3 is 2.85 bits per heavy atom. The van der Waals surface area contributed by atoms with Crippen LogP contribution >= 0.6 is 23.1 Å². The SMILES string of the molecule is CCOc1ccccc1Cn1c(SCC(=O)N[C@H](C)CC)nc2c(sc3ncccc32)c1=O. The molecule has 0 aliphatic carbocycles. The quantitative estimate of drug-likeness (QED) is 0.280. The van der Waals surface area contributed by atoms with Crippen molar-refractivity contribution >= 4 is 49.4 Å². The summed E-state index contributed by atoms with van der Waals surface area (Å²) >= 11 is 2.62. The summed E-state index contributed by atoms with van der Waals surface area (Å²) in [6.07, 6.45) is 2.57. The van der Waals surface area contributed by atoms with E-state index in [-0.39, 0.29) is 23.3 Å². The van der Waals surface area contributed by atoms with Gasteiger partial charge in [-0.15, -0.1) is 11.3 Å². The Morgan fingerprint density at radius 1 is 1.24 bits per heavy atom. The van der Waals surface area contributed by atoms with E-state index in [4.69, 9.17) is 9.72 Å². The van der Waals surface area contributed by atoms with Crippen molar-refractivity contribution in [2.24, 2.45) is 0 Å². The molecule has 0 fully saturated rings. The number of pyridine rings is 1. The van der Waals surface area contributed by atoms with Crippen LogP contribution in [0.5, 0.6) is 5.75 Å². The van der Waals surface area contributed by atoms with Crippen LogP contribution in [0.15, 0.2) is 52.5 Å². The van der Waals surface area contributed by atoms with Gasteiger partial charge < -0.3 is 10.1 Å². The Bertz CT molecular complexity index is 1350. The normalized spacial score (nSPS) is 12.2. The number of ether oxygens (including phenoxy) is 1. The topological polar surface area (TPSA) is 86.1 Å². The fraction of sp³-hybridized carbons (Fsp3) is 0.333. The Hall–Kier alpha value is -2.91. The van der Waals surface area contributed by atoms with Crippen molar-refractivity contribution in [2.45, 2.75) is 44.9 Å². The minimum absolute atomic E-state index is 0.0817. The van der Waals surface area contributed by atoms with Crippen molar-refractivity contribution in [3.8, 4) is 5.75 Å². The van der Waals surface area contributed by atoms with E-state index in [1.807, 2.05) is 57.2 Å². The molecule has 1 amide bonds. The molecule has 0 bridgehead atoms. The highest BCUT2D eigenvalue weighted by molar-refractivity contribution is 7.99. The van der Waals surface area contributed by atoms with Crippen LogP contribution in [0.2, 0.25) is 0 Å². The number of aromatic nitrogens is 3. The van der Waals surface area contributed by atoms with Crippen LogP contribution in [0.4, 0.5) is 0 Å². The Balaban J connectivity index is 1.78. The van der Waals surface area contributed by atoms with Gasteiger partial charge in [0.1, 0.15) is 15.3 Å². The van der Waals surface area contributed by atoms with E-state index >= 15 is 0 Å². The number of fused-ring (bicyclic) bond motifs is 3. The van der Waals surface area contributed by atoms with E-state index in [1.54, 1.807) is 10.8 Å². The molecule has 4 rings (SSSR count).